The van der Waals surface area contributed by atoms with Crippen molar-refractivity contribution in [3.8, 4) is 0 Å². The lowest BCUT2D eigenvalue weighted by Gasteiger charge is -1.90. The van der Waals surface area contributed by atoms with E-state index in [1.54, 1.807) is 0 Å². The van der Waals surface area contributed by atoms with Crippen molar-refractivity contribution in [2.24, 2.45) is 0 Å². The summed E-state index contributed by atoms with van der Waals surface area (Å²) in [6, 6.07) is 12.3. The molecule has 0 atom stereocenters. The van der Waals surface area contributed by atoms with Crippen LogP contribution in [0.25, 0.3) is 52.4 Å². The van der Waals surface area contributed by atoms with Gasteiger partial charge in [0.05, 0.1) is 22.8 Å². The Kier molecular flexibility index (Phi) is 3.44. The zero-order chi connectivity index (χ0) is 18.4. The minimum absolute atomic E-state index is 0.898. The van der Waals surface area contributed by atoms with Gasteiger partial charge in [-0.15, -0.1) is 0 Å². The average molecular weight is 350 g/mol. The monoisotopic (exact) mass is 350 g/mol. The number of H-pyrrole nitrogens is 2. The molecule has 2 aliphatic heterocycles. The molecule has 0 aromatic carbocycles. The number of aromatic nitrogens is 4. The highest BCUT2D eigenvalue weighted by Gasteiger charge is 2.06. The van der Waals surface area contributed by atoms with E-state index in [2.05, 4.69) is 52.7 Å². The van der Waals surface area contributed by atoms with E-state index < -0.39 is 0 Å². The Morgan fingerprint density at radius 2 is 1.33 bits per heavy atom. The summed E-state index contributed by atoms with van der Waals surface area (Å²) < 4.78 is 0. The minimum atomic E-state index is 0.898. The molecule has 3 aromatic rings. The zero-order valence-electron chi connectivity index (χ0n) is 15.0. The van der Waals surface area contributed by atoms with Crippen LogP contribution in [0.4, 0.5) is 0 Å². The molecular formula is C23H18N4. The number of aryl methyl sites for hydroxylation is 1. The van der Waals surface area contributed by atoms with Crippen molar-refractivity contribution in [2.75, 3.05) is 0 Å². The highest BCUT2D eigenvalue weighted by molar-refractivity contribution is 5.84. The lowest BCUT2D eigenvalue weighted by Crippen LogP contribution is -1.77. The molecule has 8 bridgehead atoms. The highest BCUT2D eigenvalue weighted by atomic mass is 14.8. The number of fused-ring (bicyclic) bond motifs is 8. The van der Waals surface area contributed by atoms with E-state index in [-0.39, 0.29) is 0 Å². The Balaban J connectivity index is 1.91. The van der Waals surface area contributed by atoms with Crippen LogP contribution in [0.1, 0.15) is 33.9 Å². The molecule has 130 valence electrons. The van der Waals surface area contributed by atoms with Crippen molar-refractivity contribution in [3.05, 3.63) is 76.9 Å². The fourth-order valence-corrected chi connectivity index (χ4v) is 3.50. The molecule has 0 radical (unpaired) electrons. The van der Waals surface area contributed by atoms with E-state index in [9.17, 15) is 0 Å². The quantitative estimate of drug-likeness (QED) is 0.413. The SMILES string of the molecule is C=Cc1c(C)c2cc3ccc(cc4nc(cc5nc(cc1[nH]2)C=C5)C=C4)[nH]3. The largest absolute Gasteiger partial charge is 0.355 e. The topological polar surface area (TPSA) is 57.4 Å². The molecule has 0 saturated heterocycles. The van der Waals surface area contributed by atoms with Gasteiger partial charge in [-0.05, 0) is 73.2 Å². The summed E-state index contributed by atoms with van der Waals surface area (Å²) in [6.07, 6.45) is 9.94. The van der Waals surface area contributed by atoms with Gasteiger partial charge in [-0.25, -0.2) is 9.97 Å². The first kappa shape index (κ1) is 15.6. The van der Waals surface area contributed by atoms with E-state index in [1.807, 2.05) is 42.5 Å². The van der Waals surface area contributed by atoms with Crippen LogP contribution >= 0.6 is 0 Å². The van der Waals surface area contributed by atoms with Gasteiger partial charge in [-0.3, -0.25) is 0 Å². The van der Waals surface area contributed by atoms with Crippen LogP contribution in [0.3, 0.4) is 0 Å². The molecule has 0 unspecified atom stereocenters. The van der Waals surface area contributed by atoms with Gasteiger partial charge in [0.25, 0.3) is 0 Å². The molecule has 0 saturated carbocycles. The molecule has 5 rings (SSSR count). The molecule has 3 aromatic heterocycles. The Bertz CT molecular complexity index is 1300. The molecular weight excluding hydrogens is 332 g/mol. The van der Waals surface area contributed by atoms with E-state index in [4.69, 9.17) is 4.98 Å². The van der Waals surface area contributed by atoms with Crippen LogP contribution in [-0.4, -0.2) is 19.9 Å². The third-order valence-electron chi connectivity index (χ3n) is 4.86. The summed E-state index contributed by atoms with van der Waals surface area (Å²) in [5, 5.41) is 0. The second-order valence-electron chi connectivity index (χ2n) is 6.73. The number of nitrogens with zero attached hydrogens (tertiary/aromatic N) is 2. The van der Waals surface area contributed by atoms with Crippen LogP contribution in [0.5, 0.6) is 0 Å². The summed E-state index contributed by atoms with van der Waals surface area (Å²) in [4.78, 5) is 16.3. The van der Waals surface area contributed by atoms with Crippen LogP contribution in [0, 0.1) is 6.92 Å². The van der Waals surface area contributed by atoms with Gasteiger partial charge in [0.15, 0.2) is 0 Å². The van der Waals surface area contributed by atoms with Crippen molar-refractivity contribution < 1.29 is 0 Å². The maximum atomic E-state index is 4.69. The third-order valence-corrected chi connectivity index (χ3v) is 4.86. The lowest BCUT2D eigenvalue weighted by molar-refractivity contribution is 1.28. The number of rotatable bonds is 1. The Morgan fingerprint density at radius 1 is 0.741 bits per heavy atom. The molecule has 0 amide bonds. The van der Waals surface area contributed by atoms with Crippen molar-refractivity contribution in [1.29, 1.82) is 0 Å². The van der Waals surface area contributed by atoms with Crippen molar-refractivity contribution >= 4 is 52.4 Å². The van der Waals surface area contributed by atoms with Crippen molar-refractivity contribution in [3.63, 3.8) is 0 Å². The number of hydrogen-bond acceptors (Lipinski definition) is 2. The van der Waals surface area contributed by atoms with E-state index >= 15 is 0 Å². The second kappa shape index (κ2) is 5.95. The zero-order valence-corrected chi connectivity index (χ0v) is 15.0. The average Bonchev–Trinajstić information content (AvgIpc) is 3.41. The van der Waals surface area contributed by atoms with Crippen LogP contribution < -0.4 is 0 Å². The van der Waals surface area contributed by atoms with Crippen molar-refractivity contribution in [2.45, 2.75) is 6.92 Å². The number of nitrogens with one attached hydrogen (secondary N) is 2. The van der Waals surface area contributed by atoms with Crippen molar-refractivity contribution in [1.82, 2.24) is 19.9 Å². The second-order valence-corrected chi connectivity index (χ2v) is 6.73. The summed E-state index contributed by atoms with van der Waals surface area (Å²) in [5.41, 5.74) is 10.0. The van der Waals surface area contributed by atoms with Gasteiger partial charge >= 0.3 is 0 Å². The molecule has 2 aliphatic rings. The van der Waals surface area contributed by atoms with Gasteiger partial charge in [-0.2, -0.15) is 0 Å². The molecule has 0 fully saturated rings. The normalized spacial score (nSPS) is 12.5. The number of aromatic amines is 2. The predicted molar refractivity (Wildman–Crippen MR) is 114 cm³/mol. The standard InChI is InChI=1S/C23H18N4/c1-3-21-14(2)22-12-19-8-6-17(25-19)10-15-4-5-16(24-15)11-18-7-9-20(26-18)13-23(21)27-22/h3-13,25,27H,1H2,2H3. The summed E-state index contributed by atoms with van der Waals surface area (Å²) in [5.74, 6) is 0. The Labute approximate surface area is 156 Å². The molecule has 4 nitrogen and oxygen atoms in total. The Morgan fingerprint density at radius 3 is 2.00 bits per heavy atom. The Hall–Kier alpha value is -3.66. The fraction of sp³-hybridized carbons (Fsp3) is 0.0435. The van der Waals surface area contributed by atoms with Gasteiger partial charge in [-0.1, -0.05) is 12.7 Å². The molecule has 5 heterocycles. The molecule has 2 N–H and O–H groups in total. The first-order valence-electron chi connectivity index (χ1n) is 8.88. The summed E-state index contributed by atoms with van der Waals surface area (Å²) in [7, 11) is 0. The smallest absolute Gasteiger partial charge is 0.0659 e. The van der Waals surface area contributed by atoms with Gasteiger partial charge < -0.3 is 9.97 Å². The molecule has 0 spiro atoms. The minimum Gasteiger partial charge on any atom is -0.355 e. The van der Waals surface area contributed by atoms with Crippen LogP contribution in [-0.2, 0) is 0 Å². The predicted octanol–water partition coefficient (Wildman–Crippen LogP) is 5.61. The first-order valence-corrected chi connectivity index (χ1v) is 8.88. The first-order chi connectivity index (χ1) is 13.2. The van der Waals surface area contributed by atoms with Crippen LogP contribution in [0.15, 0.2) is 43.0 Å². The van der Waals surface area contributed by atoms with Gasteiger partial charge in [0.1, 0.15) is 0 Å². The van der Waals surface area contributed by atoms with Crippen LogP contribution in [0.2, 0.25) is 0 Å². The van der Waals surface area contributed by atoms with E-state index in [0.717, 1.165) is 50.4 Å². The molecule has 27 heavy (non-hydrogen) atoms. The van der Waals surface area contributed by atoms with E-state index in [1.165, 1.54) is 5.56 Å². The maximum absolute atomic E-state index is 4.69. The van der Waals surface area contributed by atoms with E-state index in [0.29, 0.717) is 0 Å². The highest BCUT2D eigenvalue weighted by Crippen LogP contribution is 2.23. The third kappa shape index (κ3) is 2.81. The number of hydrogen-bond donors (Lipinski definition) is 2. The summed E-state index contributed by atoms with van der Waals surface area (Å²) in [6.45, 7) is 6.09. The fourth-order valence-electron chi connectivity index (χ4n) is 3.50. The summed E-state index contributed by atoms with van der Waals surface area (Å²) >= 11 is 0. The molecule has 0 aliphatic carbocycles. The van der Waals surface area contributed by atoms with Gasteiger partial charge in [0, 0.05) is 27.6 Å². The van der Waals surface area contributed by atoms with Gasteiger partial charge in [0.2, 0.25) is 0 Å². The lowest BCUT2D eigenvalue weighted by atomic mass is 10.1. The maximum Gasteiger partial charge on any atom is 0.0659 e. The molecule has 4 heteroatoms.